The highest BCUT2D eigenvalue weighted by atomic mass is 16.2. The number of nitrogens with one attached hydrogen (secondary N) is 2. The molecule has 0 spiro atoms. The molecule has 1 aromatic heterocycles. The number of ketones is 1. The summed E-state index contributed by atoms with van der Waals surface area (Å²) in [6, 6.07) is 14.5. The largest absolute Gasteiger partial charge is 0.345 e. The molecule has 6 rings (SSSR count). The summed E-state index contributed by atoms with van der Waals surface area (Å²) in [5.74, 6) is 0.198. The number of carbonyl (C=O) groups excluding carboxylic acids is 3. The third kappa shape index (κ3) is 6.27. The fraction of sp³-hybridized carbons (Fsp3) is 0.452. The number of tetrazole rings is 1. The van der Waals surface area contributed by atoms with Gasteiger partial charge in [-0.15, -0.1) is 5.10 Å². The first-order chi connectivity index (χ1) is 21.0. The number of rotatable bonds is 9. The van der Waals surface area contributed by atoms with Crippen LogP contribution in [0.25, 0.3) is 0 Å². The van der Waals surface area contributed by atoms with Crippen LogP contribution in [0, 0.1) is 11.8 Å². The van der Waals surface area contributed by atoms with Crippen molar-refractivity contribution in [1.29, 1.82) is 0 Å². The third-order valence-electron chi connectivity index (χ3n) is 8.71. The molecule has 0 unspecified atom stereocenters. The van der Waals surface area contributed by atoms with Crippen molar-refractivity contribution in [2.45, 2.75) is 57.8 Å². The van der Waals surface area contributed by atoms with Crippen LogP contribution in [0.4, 0.5) is 27.8 Å². The van der Waals surface area contributed by atoms with Gasteiger partial charge in [0.1, 0.15) is 6.54 Å². The Morgan fingerprint density at radius 1 is 0.977 bits per heavy atom. The van der Waals surface area contributed by atoms with Crippen molar-refractivity contribution in [3.05, 3.63) is 54.1 Å². The molecule has 0 saturated heterocycles. The Kier molecular flexibility index (Phi) is 8.43. The maximum absolute atomic E-state index is 14.1. The van der Waals surface area contributed by atoms with Crippen LogP contribution in [-0.2, 0) is 9.59 Å². The summed E-state index contributed by atoms with van der Waals surface area (Å²) in [6.07, 6.45) is 9.12. The van der Waals surface area contributed by atoms with E-state index in [-0.39, 0.29) is 30.7 Å². The molecule has 2 heterocycles. The Morgan fingerprint density at radius 3 is 2.51 bits per heavy atom. The highest BCUT2D eigenvalue weighted by Gasteiger charge is 2.36. The topological polar surface area (TPSA) is 140 Å². The highest BCUT2D eigenvalue weighted by Crippen LogP contribution is 2.35. The zero-order valence-electron chi connectivity index (χ0n) is 24.4. The summed E-state index contributed by atoms with van der Waals surface area (Å²) in [5, 5.41) is 23.1. The van der Waals surface area contributed by atoms with Crippen molar-refractivity contribution in [3.8, 4) is 0 Å². The van der Waals surface area contributed by atoms with Gasteiger partial charge in [-0.2, -0.15) is 10.3 Å². The molecular weight excluding hydrogens is 546 g/mol. The van der Waals surface area contributed by atoms with Gasteiger partial charge in [0, 0.05) is 35.8 Å². The second kappa shape index (κ2) is 12.7. The Balaban J connectivity index is 1.27. The number of nitrogens with zero attached hydrogens (tertiary/aromatic N) is 7. The number of carbonyl (C=O) groups is 3. The van der Waals surface area contributed by atoms with Gasteiger partial charge in [-0.05, 0) is 55.2 Å². The molecule has 1 aliphatic heterocycles. The summed E-state index contributed by atoms with van der Waals surface area (Å²) in [5.41, 5.74) is 3.66. The molecule has 43 heavy (non-hydrogen) atoms. The van der Waals surface area contributed by atoms with E-state index in [9.17, 15) is 14.4 Å². The summed E-state index contributed by atoms with van der Waals surface area (Å²) in [4.78, 5) is 44.2. The number of benzene rings is 2. The lowest BCUT2D eigenvalue weighted by Gasteiger charge is -2.26. The normalized spacial score (nSPS) is 17.8. The minimum absolute atomic E-state index is 0.0310. The third-order valence-corrected chi connectivity index (χ3v) is 8.71. The fourth-order valence-corrected chi connectivity index (χ4v) is 6.40. The highest BCUT2D eigenvalue weighted by molar-refractivity contribution is 6.13. The number of aromatic amines is 1. The van der Waals surface area contributed by atoms with Gasteiger partial charge in [-0.3, -0.25) is 14.5 Å². The molecule has 0 radical (unpaired) electrons. The molecule has 12 heteroatoms. The Labute approximate surface area is 250 Å². The molecule has 2 aromatic carbocycles. The summed E-state index contributed by atoms with van der Waals surface area (Å²) in [7, 11) is 1.79. The maximum atomic E-state index is 14.1. The van der Waals surface area contributed by atoms with Crippen LogP contribution in [0.3, 0.4) is 0 Å². The van der Waals surface area contributed by atoms with Crippen LogP contribution in [0.2, 0.25) is 0 Å². The van der Waals surface area contributed by atoms with Gasteiger partial charge in [0.2, 0.25) is 5.91 Å². The van der Waals surface area contributed by atoms with Gasteiger partial charge in [0.25, 0.3) is 5.95 Å². The number of hydrogen-bond acceptors (Lipinski definition) is 8. The number of aromatic nitrogens is 4. The van der Waals surface area contributed by atoms with Crippen LogP contribution in [0.15, 0.2) is 53.6 Å². The van der Waals surface area contributed by atoms with E-state index in [1.165, 1.54) is 16.3 Å². The van der Waals surface area contributed by atoms with Crippen LogP contribution in [0.5, 0.6) is 0 Å². The first kappa shape index (κ1) is 28.5. The smallest absolute Gasteiger partial charge is 0.324 e. The van der Waals surface area contributed by atoms with Gasteiger partial charge in [0.15, 0.2) is 5.78 Å². The van der Waals surface area contributed by atoms with E-state index >= 15 is 0 Å². The lowest BCUT2D eigenvalue weighted by atomic mass is 9.83. The van der Waals surface area contributed by atoms with Crippen LogP contribution >= 0.6 is 0 Å². The summed E-state index contributed by atoms with van der Waals surface area (Å²) in [6.45, 7) is -0.321. The summed E-state index contributed by atoms with van der Waals surface area (Å²) >= 11 is 0. The maximum Gasteiger partial charge on any atom is 0.345 e. The quantitative estimate of drug-likeness (QED) is 0.365. The number of anilines is 4. The molecule has 0 atom stereocenters. The lowest BCUT2D eigenvalue weighted by molar-refractivity contribution is -0.121. The number of hydrogen-bond donors (Lipinski definition) is 2. The van der Waals surface area contributed by atoms with Crippen LogP contribution in [-0.4, -0.2) is 69.2 Å². The fourth-order valence-electron chi connectivity index (χ4n) is 6.40. The molecule has 2 saturated carbocycles. The van der Waals surface area contributed by atoms with Crippen molar-refractivity contribution in [2.75, 3.05) is 35.3 Å². The monoisotopic (exact) mass is 583 g/mol. The minimum atomic E-state index is -0.467. The standard InChI is InChI=1S/C31H37N9O3/c1-38(30-33-36-37-34-30)24-15-9-14-23(18-24)32-28(42)20-40-31(43)39(19-27(41)21-10-5-6-11-21)26-17-8-7-16-25(26)29(35-40)22-12-3-2-4-13-22/h7-9,14-18,21-22H,2-6,10-13,19-20H2,1H3,(H,32,42)(H,33,34,36,37). The van der Waals surface area contributed by atoms with E-state index in [0.717, 1.165) is 68.3 Å². The number of fused-ring (bicyclic) bond motifs is 1. The molecule has 0 bridgehead atoms. The van der Waals surface area contributed by atoms with Crippen molar-refractivity contribution >= 4 is 46.4 Å². The molecule has 2 fully saturated rings. The Bertz CT molecular complexity index is 1490. The van der Waals surface area contributed by atoms with Crippen LogP contribution in [0.1, 0.15) is 63.4 Å². The van der Waals surface area contributed by atoms with E-state index in [0.29, 0.717) is 17.3 Å². The molecule has 2 aliphatic carbocycles. The molecular formula is C31H37N9O3. The predicted octanol–water partition coefficient (Wildman–Crippen LogP) is 4.89. The van der Waals surface area contributed by atoms with Gasteiger partial charge in [-0.1, -0.05) is 61.5 Å². The zero-order chi connectivity index (χ0) is 29.8. The second-order valence-corrected chi connectivity index (χ2v) is 11.6. The average Bonchev–Trinajstić information content (AvgIpc) is 3.76. The SMILES string of the molecule is CN(c1cccc(NC(=O)CN2N=C(C3CCCCC3)c3ccccc3N(CC(=O)C3CCCC3)C2=O)c1)c1nn[nH]n1. The number of hydrazone groups is 1. The van der Waals surface area contributed by atoms with E-state index in [1.54, 1.807) is 24.1 Å². The average molecular weight is 584 g/mol. The van der Waals surface area contributed by atoms with E-state index in [1.807, 2.05) is 36.4 Å². The molecule has 3 aliphatic rings. The molecule has 12 nitrogen and oxygen atoms in total. The van der Waals surface area contributed by atoms with E-state index in [2.05, 4.69) is 25.9 Å². The van der Waals surface area contributed by atoms with Crippen molar-refractivity contribution < 1.29 is 14.4 Å². The van der Waals surface area contributed by atoms with Crippen molar-refractivity contribution in [2.24, 2.45) is 16.9 Å². The first-order valence-electron chi connectivity index (χ1n) is 15.1. The van der Waals surface area contributed by atoms with Crippen molar-refractivity contribution in [1.82, 2.24) is 25.6 Å². The van der Waals surface area contributed by atoms with Crippen molar-refractivity contribution in [3.63, 3.8) is 0 Å². The van der Waals surface area contributed by atoms with Gasteiger partial charge in [0.05, 0.1) is 17.9 Å². The number of urea groups is 1. The minimum Gasteiger partial charge on any atom is -0.324 e. The molecule has 2 N–H and O–H groups in total. The Hall–Kier alpha value is -4.61. The second-order valence-electron chi connectivity index (χ2n) is 11.6. The van der Waals surface area contributed by atoms with Crippen LogP contribution < -0.4 is 15.1 Å². The molecule has 3 amide bonds. The van der Waals surface area contributed by atoms with E-state index in [4.69, 9.17) is 5.10 Å². The molecule has 224 valence electrons. The zero-order valence-corrected chi connectivity index (χ0v) is 24.4. The predicted molar refractivity (Wildman–Crippen MR) is 163 cm³/mol. The lowest BCUT2D eigenvalue weighted by Crippen LogP contribution is -2.46. The van der Waals surface area contributed by atoms with E-state index < -0.39 is 11.9 Å². The Morgan fingerprint density at radius 2 is 1.74 bits per heavy atom. The summed E-state index contributed by atoms with van der Waals surface area (Å²) < 4.78 is 0. The number of Topliss-reactive ketones (excluding diaryl/α,β-unsaturated/α-hetero) is 1. The van der Waals surface area contributed by atoms with Gasteiger partial charge in [-0.25, -0.2) is 9.80 Å². The van der Waals surface area contributed by atoms with Gasteiger partial charge >= 0.3 is 6.03 Å². The van der Waals surface area contributed by atoms with Gasteiger partial charge < -0.3 is 10.2 Å². The number of amides is 3. The number of para-hydroxylation sites is 1. The number of H-pyrrole nitrogens is 1. The molecule has 3 aromatic rings. The first-order valence-corrected chi connectivity index (χ1v) is 15.1.